The van der Waals surface area contributed by atoms with Crippen LogP contribution >= 0.6 is 15.9 Å². The summed E-state index contributed by atoms with van der Waals surface area (Å²) in [4.78, 5) is 0. The molecule has 1 saturated carbocycles. The molecule has 0 unspecified atom stereocenters. The Bertz CT molecular complexity index is 375. The number of rotatable bonds is 2. The quantitative estimate of drug-likeness (QED) is 0.815. The predicted molar refractivity (Wildman–Crippen MR) is 53.9 cm³/mol. The maximum absolute atomic E-state index is 13.3. The molecule has 14 heavy (non-hydrogen) atoms. The Morgan fingerprint density at radius 1 is 1.29 bits per heavy atom. The van der Waals surface area contributed by atoms with Crippen molar-refractivity contribution in [3.05, 3.63) is 33.8 Å². The first-order valence-corrected chi connectivity index (χ1v) is 5.22. The first-order chi connectivity index (χ1) is 6.50. The van der Waals surface area contributed by atoms with Crippen LogP contribution in [0, 0.1) is 11.6 Å². The first-order valence-electron chi connectivity index (χ1n) is 4.42. The molecule has 1 aliphatic carbocycles. The van der Waals surface area contributed by atoms with E-state index in [0.29, 0.717) is 12.0 Å². The average Bonchev–Trinajstić information content (AvgIpc) is 2.80. The van der Waals surface area contributed by atoms with E-state index in [1.165, 1.54) is 6.07 Å². The molecular formula is C10H10BrF2N. The molecule has 2 rings (SSSR count). The summed E-state index contributed by atoms with van der Waals surface area (Å²) in [6.07, 6.45) is 2.32. The van der Waals surface area contributed by atoms with Crippen molar-refractivity contribution >= 4 is 15.9 Å². The van der Waals surface area contributed by atoms with Crippen LogP contribution < -0.4 is 5.73 Å². The van der Waals surface area contributed by atoms with E-state index in [1.807, 2.05) is 0 Å². The molecule has 1 aromatic carbocycles. The van der Waals surface area contributed by atoms with Crippen molar-refractivity contribution in [2.45, 2.75) is 24.8 Å². The lowest BCUT2D eigenvalue weighted by molar-refractivity contribution is 0.554. The maximum Gasteiger partial charge on any atom is 0.140 e. The molecule has 0 aromatic heterocycles. The summed E-state index contributed by atoms with van der Waals surface area (Å²) in [7, 11) is 0. The van der Waals surface area contributed by atoms with E-state index in [2.05, 4.69) is 15.9 Å². The molecule has 0 amide bonds. The third-order valence-electron chi connectivity index (χ3n) is 2.52. The molecule has 0 saturated heterocycles. The van der Waals surface area contributed by atoms with Crippen LogP contribution in [-0.2, 0) is 6.42 Å². The van der Waals surface area contributed by atoms with Gasteiger partial charge in [-0.3, -0.25) is 0 Å². The molecule has 0 aliphatic heterocycles. The second-order valence-corrected chi connectivity index (χ2v) is 4.75. The van der Waals surface area contributed by atoms with E-state index >= 15 is 0 Å². The number of nitrogens with two attached hydrogens (primary N) is 1. The molecule has 1 nitrogen and oxygen atoms in total. The monoisotopic (exact) mass is 261 g/mol. The van der Waals surface area contributed by atoms with Crippen LogP contribution in [-0.4, -0.2) is 5.54 Å². The molecule has 76 valence electrons. The highest BCUT2D eigenvalue weighted by atomic mass is 79.9. The van der Waals surface area contributed by atoms with Gasteiger partial charge in [0.1, 0.15) is 11.6 Å². The molecule has 0 bridgehead atoms. The number of benzene rings is 1. The van der Waals surface area contributed by atoms with Gasteiger partial charge in [-0.25, -0.2) is 8.78 Å². The number of hydrogen-bond donors (Lipinski definition) is 1. The van der Waals surface area contributed by atoms with Gasteiger partial charge in [-0.2, -0.15) is 0 Å². The average molecular weight is 262 g/mol. The Labute approximate surface area is 89.4 Å². The Balaban J connectivity index is 2.29. The third kappa shape index (κ3) is 1.96. The van der Waals surface area contributed by atoms with Gasteiger partial charge >= 0.3 is 0 Å². The molecule has 1 fully saturated rings. The first kappa shape index (κ1) is 10.1. The van der Waals surface area contributed by atoms with Crippen LogP contribution in [0.2, 0.25) is 0 Å². The summed E-state index contributed by atoms with van der Waals surface area (Å²) < 4.78 is 26.5. The van der Waals surface area contributed by atoms with Crippen molar-refractivity contribution in [1.82, 2.24) is 0 Å². The van der Waals surface area contributed by atoms with Gasteiger partial charge in [0, 0.05) is 11.6 Å². The van der Waals surface area contributed by atoms with E-state index in [9.17, 15) is 8.78 Å². The van der Waals surface area contributed by atoms with Crippen molar-refractivity contribution < 1.29 is 8.78 Å². The zero-order chi connectivity index (χ0) is 10.3. The highest BCUT2D eigenvalue weighted by Gasteiger charge is 2.38. The summed E-state index contributed by atoms with van der Waals surface area (Å²) in [6, 6.07) is 2.36. The Kier molecular flexibility index (Phi) is 2.35. The minimum absolute atomic E-state index is 0.252. The van der Waals surface area contributed by atoms with E-state index in [4.69, 9.17) is 5.73 Å². The summed E-state index contributed by atoms with van der Waals surface area (Å²) in [6.45, 7) is 0. The van der Waals surface area contributed by atoms with Gasteiger partial charge in [0.2, 0.25) is 0 Å². The van der Waals surface area contributed by atoms with Crippen molar-refractivity contribution in [3.63, 3.8) is 0 Å². The fourth-order valence-corrected chi connectivity index (χ4v) is 1.81. The largest absolute Gasteiger partial charge is 0.325 e. The Hall–Kier alpha value is -0.480. The van der Waals surface area contributed by atoms with Crippen LogP contribution in [0.4, 0.5) is 8.78 Å². The van der Waals surface area contributed by atoms with Crippen molar-refractivity contribution in [3.8, 4) is 0 Å². The van der Waals surface area contributed by atoms with Crippen molar-refractivity contribution in [2.75, 3.05) is 0 Å². The van der Waals surface area contributed by atoms with Crippen LogP contribution in [0.3, 0.4) is 0 Å². The molecule has 1 aliphatic rings. The van der Waals surface area contributed by atoms with Gasteiger partial charge in [-0.1, -0.05) is 0 Å². The summed E-state index contributed by atoms with van der Waals surface area (Å²) in [5.41, 5.74) is 6.09. The topological polar surface area (TPSA) is 26.0 Å². The van der Waals surface area contributed by atoms with Gasteiger partial charge < -0.3 is 5.73 Å². The lowest BCUT2D eigenvalue weighted by Crippen LogP contribution is -2.25. The van der Waals surface area contributed by atoms with Crippen LogP contribution in [0.5, 0.6) is 0 Å². The summed E-state index contributed by atoms with van der Waals surface area (Å²) in [5.74, 6) is -1.09. The van der Waals surface area contributed by atoms with E-state index in [0.717, 1.165) is 18.9 Å². The second kappa shape index (κ2) is 3.28. The van der Waals surface area contributed by atoms with Gasteiger partial charge in [0.15, 0.2) is 0 Å². The van der Waals surface area contributed by atoms with E-state index < -0.39 is 11.6 Å². The molecule has 0 spiro atoms. The highest BCUT2D eigenvalue weighted by Crippen LogP contribution is 2.36. The van der Waals surface area contributed by atoms with Crippen LogP contribution in [0.1, 0.15) is 18.4 Å². The van der Waals surface area contributed by atoms with Crippen molar-refractivity contribution in [2.24, 2.45) is 5.73 Å². The predicted octanol–water partition coefficient (Wildman–Crippen LogP) is 2.76. The van der Waals surface area contributed by atoms with Gasteiger partial charge in [-0.15, -0.1) is 0 Å². The smallest absolute Gasteiger partial charge is 0.140 e. The van der Waals surface area contributed by atoms with E-state index in [-0.39, 0.29) is 10.0 Å². The third-order valence-corrected chi connectivity index (χ3v) is 3.13. The minimum Gasteiger partial charge on any atom is -0.325 e. The van der Waals surface area contributed by atoms with Gasteiger partial charge in [-0.05, 0) is 46.8 Å². The molecular weight excluding hydrogens is 252 g/mol. The Morgan fingerprint density at radius 2 is 1.93 bits per heavy atom. The van der Waals surface area contributed by atoms with Gasteiger partial charge in [0.25, 0.3) is 0 Å². The lowest BCUT2D eigenvalue weighted by Gasteiger charge is -2.10. The summed E-state index contributed by atoms with van der Waals surface area (Å²) >= 11 is 3.03. The lowest BCUT2D eigenvalue weighted by atomic mass is 10.0. The van der Waals surface area contributed by atoms with Crippen LogP contribution in [0.15, 0.2) is 16.6 Å². The Morgan fingerprint density at radius 3 is 2.50 bits per heavy atom. The fourth-order valence-electron chi connectivity index (χ4n) is 1.42. The molecule has 0 heterocycles. The van der Waals surface area contributed by atoms with Gasteiger partial charge in [0.05, 0.1) is 4.47 Å². The van der Waals surface area contributed by atoms with Crippen LogP contribution in [0.25, 0.3) is 0 Å². The maximum atomic E-state index is 13.3. The molecule has 0 atom stereocenters. The molecule has 4 heteroatoms. The molecule has 2 N–H and O–H groups in total. The standard InChI is InChI=1S/C10H10BrF2N/c11-7-3-6(5-10(14)1-2-10)8(12)4-9(7)13/h3-4H,1-2,5,14H2. The summed E-state index contributed by atoms with van der Waals surface area (Å²) in [5, 5.41) is 0. The van der Waals surface area contributed by atoms with Crippen molar-refractivity contribution in [1.29, 1.82) is 0 Å². The normalized spacial score (nSPS) is 18.3. The number of halogens is 3. The highest BCUT2D eigenvalue weighted by molar-refractivity contribution is 9.10. The zero-order valence-corrected chi connectivity index (χ0v) is 9.07. The SMILES string of the molecule is NC1(Cc2cc(Br)c(F)cc2F)CC1. The minimum atomic E-state index is -0.576. The van der Waals surface area contributed by atoms with E-state index in [1.54, 1.807) is 0 Å². The second-order valence-electron chi connectivity index (χ2n) is 3.90. The zero-order valence-electron chi connectivity index (χ0n) is 7.49. The number of hydrogen-bond acceptors (Lipinski definition) is 1. The molecule has 1 aromatic rings. The fraction of sp³-hybridized carbons (Fsp3) is 0.400. The molecule has 0 radical (unpaired) electrons.